The van der Waals surface area contributed by atoms with Gasteiger partial charge in [-0.15, -0.1) is 0 Å². The van der Waals surface area contributed by atoms with Crippen molar-refractivity contribution < 1.29 is 13.6 Å². The van der Waals surface area contributed by atoms with Gasteiger partial charge in [-0.3, -0.25) is 4.79 Å². The Bertz CT molecular complexity index is 518. The Kier molecular flexibility index (Phi) is 2.77. The number of halogens is 2. The van der Waals surface area contributed by atoms with E-state index in [2.05, 4.69) is 0 Å². The summed E-state index contributed by atoms with van der Waals surface area (Å²) in [6.07, 6.45) is 0.461. The van der Waals surface area contributed by atoms with E-state index in [9.17, 15) is 13.6 Å². The van der Waals surface area contributed by atoms with E-state index in [0.717, 1.165) is 5.56 Å². The van der Waals surface area contributed by atoms with E-state index in [1.54, 1.807) is 18.2 Å². The van der Waals surface area contributed by atoms with Crippen LogP contribution >= 0.6 is 0 Å². The summed E-state index contributed by atoms with van der Waals surface area (Å²) < 4.78 is 25.8. The van der Waals surface area contributed by atoms with Crippen LogP contribution in [0.2, 0.25) is 0 Å². The molecule has 0 aliphatic carbocycles. The van der Waals surface area contributed by atoms with Crippen molar-refractivity contribution in [3.63, 3.8) is 0 Å². The van der Waals surface area contributed by atoms with Crippen LogP contribution in [0.5, 0.6) is 0 Å². The van der Waals surface area contributed by atoms with Crippen LogP contribution in [0, 0.1) is 11.6 Å². The third kappa shape index (κ3) is 1.98. The molecule has 0 aliphatic rings. The molecule has 0 saturated carbocycles. The third-order valence-corrected chi connectivity index (χ3v) is 2.30. The first kappa shape index (κ1) is 10.5. The molecule has 1 nitrogen and oxygen atoms in total. The first-order valence-corrected chi connectivity index (χ1v) is 4.71. The van der Waals surface area contributed by atoms with Crippen molar-refractivity contribution in [3.8, 4) is 11.1 Å². The molecule has 80 valence electrons. The topological polar surface area (TPSA) is 17.1 Å². The summed E-state index contributed by atoms with van der Waals surface area (Å²) >= 11 is 0. The third-order valence-electron chi connectivity index (χ3n) is 2.30. The molecule has 0 N–H and O–H groups in total. The zero-order valence-electron chi connectivity index (χ0n) is 8.28. The van der Waals surface area contributed by atoms with Crippen LogP contribution < -0.4 is 0 Å². The van der Waals surface area contributed by atoms with Gasteiger partial charge in [0.25, 0.3) is 0 Å². The van der Waals surface area contributed by atoms with Crippen LogP contribution in [0.3, 0.4) is 0 Å². The summed E-state index contributed by atoms with van der Waals surface area (Å²) in [7, 11) is 0. The molecule has 0 fully saturated rings. The highest BCUT2D eigenvalue weighted by Crippen LogP contribution is 2.21. The van der Waals surface area contributed by atoms with Crippen molar-refractivity contribution in [2.75, 3.05) is 0 Å². The first-order valence-electron chi connectivity index (χ1n) is 4.71. The SMILES string of the molecule is O=Cc1cc(-c2ccc(F)cc2)ccc1F. The van der Waals surface area contributed by atoms with Gasteiger partial charge in [-0.25, -0.2) is 8.78 Å². The lowest BCUT2D eigenvalue weighted by Gasteiger charge is -2.03. The van der Waals surface area contributed by atoms with Crippen LogP contribution in [0.4, 0.5) is 8.78 Å². The van der Waals surface area contributed by atoms with Gasteiger partial charge in [-0.1, -0.05) is 18.2 Å². The fourth-order valence-electron chi connectivity index (χ4n) is 1.46. The van der Waals surface area contributed by atoms with E-state index >= 15 is 0 Å². The molecule has 2 aromatic rings. The highest BCUT2D eigenvalue weighted by Gasteiger charge is 2.04. The van der Waals surface area contributed by atoms with Crippen molar-refractivity contribution in [2.24, 2.45) is 0 Å². The average molecular weight is 218 g/mol. The molecule has 3 heteroatoms. The fourth-order valence-corrected chi connectivity index (χ4v) is 1.46. The van der Waals surface area contributed by atoms with Gasteiger partial charge in [0, 0.05) is 0 Å². The lowest BCUT2D eigenvalue weighted by Crippen LogP contribution is -1.88. The van der Waals surface area contributed by atoms with Gasteiger partial charge in [0.15, 0.2) is 6.29 Å². The predicted molar refractivity (Wildman–Crippen MR) is 57.2 cm³/mol. The van der Waals surface area contributed by atoms with Crippen molar-refractivity contribution >= 4 is 6.29 Å². The van der Waals surface area contributed by atoms with E-state index in [1.807, 2.05) is 0 Å². The van der Waals surface area contributed by atoms with Gasteiger partial charge in [0.1, 0.15) is 11.6 Å². The highest BCUT2D eigenvalue weighted by molar-refractivity contribution is 5.79. The molecule has 0 amide bonds. The molecule has 0 radical (unpaired) electrons. The summed E-state index contributed by atoms with van der Waals surface area (Å²) in [5.74, 6) is -0.887. The van der Waals surface area contributed by atoms with Crippen LogP contribution in [-0.2, 0) is 0 Å². The zero-order chi connectivity index (χ0) is 11.5. The van der Waals surface area contributed by atoms with E-state index in [1.165, 1.54) is 24.3 Å². The zero-order valence-corrected chi connectivity index (χ0v) is 8.28. The van der Waals surface area contributed by atoms with E-state index in [0.29, 0.717) is 11.8 Å². The summed E-state index contributed by atoms with van der Waals surface area (Å²) in [5, 5.41) is 0. The minimum atomic E-state index is -0.555. The monoisotopic (exact) mass is 218 g/mol. The number of rotatable bonds is 2. The Morgan fingerprint density at radius 2 is 1.50 bits per heavy atom. The Labute approximate surface area is 91.3 Å². The van der Waals surface area contributed by atoms with Gasteiger partial charge < -0.3 is 0 Å². The molecule has 2 rings (SSSR count). The second kappa shape index (κ2) is 4.23. The normalized spacial score (nSPS) is 10.1. The number of hydrogen-bond acceptors (Lipinski definition) is 1. The molecule has 0 unspecified atom stereocenters. The number of hydrogen-bond donors (Lipinski definition) is 0. The fraction of sp³-hybridized carbons (Fsp3) is 0. The maximum absolute atomic E-state index is 13.1. The standard InChI is InChI=1S/C13H8F2O/c14-12-4-1-9(2-5-12)10-3-6-13(15)11(7-10)8-16/h1-8H. The largest absolute Gasteiger partial charge is 0.298 e. The van der Waals surface area contributed by atoms with Crippen molar-refractivity contribution in [2.45, 2.75) is 0 Å². The van der Waals surface area contributed by atoms with Crippen molar-refractivity contribution in [1.29, 1.82) is 0 Å². The molecule has 0 aromatic heterocycles. The first-order chi connectivity index (χ1) is 7.70. The van der Waals surface area contributed by atoms with Gasteiger partial charge in [-0.2, -0.15) is 0 Å². The van der Waals surface area contributed by atoms with Crippen molar-refractivity contribution in [3.05, 3.63) is 59.7 Å². The Hall–Kier alpha value is -2.03. The van der Waals surface area contributed by atoms with Gasteiger partial charge in [0.2, 0.25) is 0 Å². The molecule has 0 bridgehead atoms. The van der Waals surface area contributed by atoms with Crippen LogP contribution in [-0.4, -0.2) is 6.29 Å². The van der Waals surface area contributed by atoms with E-state index in [-0.39, 0.29) is 11.4 Å². The molecular weight excluding hydrogens is 210 g/mol. The maximum Gasteiger partial charge on any atom is 0.153 e. The van der Waals surface area contributed by atoms with Gasteiger partial charge >= 0.3 is 0 Å². The lowest BCUT2D eigenvalue weighted by atomic mass is 10.0. The summed E-state index contributed by atoms with van der Waals surface area (Å²) in [6.45, 7) is 0. The molecule has 0 heterocycles. The summed E-state index contributed by atoms with van der Waals surface area (Å²) in [4.78, 5) is 10.6. The second-order valence-electron chi connectivity index (χ2n) is 3.36. The minimum Gasteiger partial charge on any atom is -0.298 e. The summed E-state index contributed by atoms with van der Waals surface area (Å²) in [5.41, 5.74) is 1.43. The maximum atomic E-state index is 13.1. The summed E-state index contributed by atoms with van der Waals surface area (Å²) in [6, 6.07) is 10.0. The number of aldehydes is 1. The molecule has 0 saturated heterocycles. The van der Waals surface area contributed by atoms with Crippen LogP contribution in [0.1, 0.15) is 10.4 Å². The predicted octanol–water partition coefficient (Wildman–Crippen LogP) is 3.44. The molecule has 0 atom stereocenters. The number of carbonyl (C=O) groups is 1. The highest BCUT2D eigenvalue weighted by atomic mass is 19.1. The Morgan fingerprint density at radius 1 is 0.875 bits per heavy atom. The van der Waals surface area contributed by atoms with Crippen LogP contribution in [0.25, 0.3) is 11.1 Å². The van der Waals surface area contributed by atoms with Crippen LogP contribution in [0.15, 0.2) is 42.5 Å². The van der Waals surface area contributed by atoms with Gasteiger partial charge in [-0.05, 0) is 35.4 Å². The molecule has 16 heavy (non-hydrogen) atoms. The average Bonchev–Trinajstić information content (AvgIpc) is 2.31. The molecule has 0 aliphatic heterocycles. The quantitative estimate of drug-likeness (QED) is 0.705. The minimum absolute atomic E-state index is 0.00169. The lowest BCUT2D eigenvalue weighted by molar-refractivity contribution is 0.112. The molecular formula is C13H8F2O. The van der Waals surface area contributed by atoms with Gasteiger partial charge in [0.05, 0.1) is 5.56 Å². The molecule has 0 spiro atoms. The van der Waals surface area contributed by atoms with Crippen molar-refractivity contribution in [1.82, 2.24) is 0 Å². The van der Waals surface area contributed by atoms with E-state index in [4.69, 9.17) is 0 Å². The second-order valence-corrected chi connectivity index (χ2v) is 3.36. The Morgan fingerprint density at radius 3 is 2.12 bits per heavy atom. The Balaban J connectivity index is 2.48. The molecule has 2 aromatic carbocycles. The van der Waals surface area contributed by atoms with E-state index < -0.39 is 5.82 Å². The number of carbonyl (C=O) groups excluding carboxylic acids is 1. The smallest absolute Gasteiger partial charge is 0.153 e. The number of benzene rings is 2.